The number of amides is 1. The van der Waals surface area contributed by atoms with Crippen molar-refractivity contribution in [1.29, 1.82) is 0 Å². The van der Waals surface area contributed by atoms with Crippen LogP contribution in [0.5, 0.6) is 0 Å². The zero-order valence-corrected chi connectivity index (χ0v) is 18.3. The number of halogens is 1. The average Bonchev–Trinajstić information content (AvgIpc) is 2.87. The lowest BCUT2D eigenvalue weighted by atomic mass is 10.0. The molecule has 0 fully saturated rings. The Bertz CT molecular complexity index is 1050. The Morgan fingerprint density at radius 3 is 2.61 bits per heavy atom. The van der Waals surface area contributed by atoms with Crippen LogP contribution in [-0.2, 0) is 14.8 Å². The fraction of sp³-hybridized carbons (Fsp3) is 0.300. The van der Waals surface area contributed by atoms with Crippen molar-refractivity contribution in [1.82, 2.24) is 4.72 Å². The first kappa shape index (κ1) is 20.5. The van der Waals surface area contributed by atoms with Crippen LogP contribution in [0.3, 0.4) is 0 Å². The van der Waals surface area contributed by atoms with Gasteiger partial charge in [0.2, 0.25) is 5.91 Å². The van der Waals surface area contributed by atoms with Crippen molar-refractivity contribution >= 4 is 43.4 Å². The van der Waals surface area contributed by atoms with E-state index in [9.17, 15) is 13.2 Å². The molecule has 0 bridgehead atoms. The molecule has 1 aliphatic rings. The largest absolute Gasteiger partial charge is 0.324 e. The molecule has 0 saturated heterocycles. The molecule has 0 radical (unpaired) electrons. The van der Waals surface area contributed by atoms with Crippen molar-refractivity contribution in [2.45, 2.75) is 38.1 Å². The number of aliphatic imine (C=N–C) groups is 1. The van der Waals surface area contributed by atoms with E-state index >= 15 is 0 Å². The molecule has 1 atom stereocenters. The molecule has 148 valence electrons. The molecule has 1 aliphatic heterocycles. The van der Waals surface area contributed by atoms with E-state index in [2.05, 4.69) is 31.0 Å². The van der Waals surface area contributed by atoms with Gasteiger partial charge in [-0.2, -0.15) is 0 Å². The number of hydrogen-bond donors (Lipinski definition) is 2. The standard InChI is InChI=1S/C20H22BrN3O3S/c1-12(2)10-17(20(25)23-16-9-8-14(21)11-13(16)3)22-19-15-6-4-5-7-18(15)28(26,27)24-19/h4-9,11-12,17H,10H2,1-3H3,(H,22,24)(H,23,25). The molecule has 1 unspecified atom stereocenters. The normalized spacial score (nSPS) is 17.2. The van der Waals surface area contributed by atoms with Gasteiger partial charge in [-0.1, -0.05) is 41.9 Å². The van der Waals surface area contributed by atoms with E-state index in [1.807, 2.05) is 39.0 Å². The molecule has 0 spiro atoms. The first-order chi connectivity index (χ1) is 13.2. The Hall–Kier alpha value is -2.19. The number of amidine groups is 1. The summed E-state index contributed by atoms with van der Waals surface area (Å²) in [6.45, 7) is 5.90. The van der Waals surface area contributed by atoms with Crippen molar-refractivity contribution in [2.24, 2.45) is 10.9 Å². The highest BCUT2D eigenvalue weighted by atomic mass is 79.9. The van der Waals surface area contributed by atoms with E-state index in [1.165, 1.54) is 6.07 Å². The summed E-state index contributed by atoms with van der Waals surface area (Å²) in [6.07, 6.45) is 0.495. The van der Waals surface area contributed by atoms with E-state index in [1.54, 1.807) is 18.2 Å². The summed E-state index contributed by atoms with van der Waals surface area (Å²) in [6, 6.07) is 11.5. The van der Waals surface area contributed by atoms with Gasteiger partial charge in [-0.15, -0.1) is 0 Å². The maximum Gasteiger partial charge on any atom is 0.263 e. The Morgan fingerprint density at radius 1 is 1.21 bits per heavy atom. The first-order valence-corrected chi connectivity index (χ1v) is 11.2. The number of sulfonamides is 1. The third-order valence-electron chi connectivity index (χ3n) is 4.39. The summed E-state index contributed by atoms with van der Waals surface area (Å²) in [5.41, 5.74) is 2.11. The van der Waals surface area contributed by atoms with Crippen molar-refractivity contribution in [3.05, 3.63) is 58.1 Å². The Kier molecular flexibility index (Phi) is 5.90. The van der Waals surface area contributed by atoms with Gasteiger partial charge in [0.15, 0.2) is 0 Å². The van der Waals surface area contributed by atoms with Crippen LogP contribution in [0.25, 0.3) is 0 Å². The highest BCUT2D eigenvalue weighted by molar-refractivity contribution is 9.10. The Morgan fingerprint density at radius 2 is 1.93 bits per heavy atom. The summed E-state index contributed by atoms with van der Waals surface area (Å²) in [5.74, 6) is 0.151. The second-order valence-electron chi connectivity index (χ2n) is 7.17. The predicted molar refractivity (Wildman–Crippen MR) is 114 cm³/mol. The summed E-state index contributed by atoms with van der Waals surface area (Å²) >= 11 is 3.41. The maximum atomic E-state index is 12.9. The molecule has 2 N–H and O–H groups in total. The van der Waals surface area contributed by atoms with Gasteiger partial charge in [-0.3, -0.25) is 14.5 Å². The van der Waals surface area contributed by atoms with Gasteiger partial charge in [0.05, 0.1) is 4.90 Å². The Balaban J connectivity index is 1.93. The van der Waals surface area contributed by atoms with Gasteiger partial charge in [0.25, 0.3) is 10.0 Å². The van der Waals surface area contributed by atoms with Gasteiger partial charge >= 0.3 is 0 Å². The Labute approximate surface area is 173 Å². The number of carbonyl (C=O) groups is 1. The van der Waals surface area contributed by atoms with E-state index in [4.69, 9.17) is 0 Å². The van der Waals surface area contributed by atoms with Crippen LogP contribution in [0, 0.1) is 12.8 Å². The van der Waals surface area contributed by atoms with Crippen LogP contribution in [0.4, 0.5) is 5.69 Å². The molecule has 8 heteroatoms. The van der Waals surface area contributed by atoms with Crippen LogP contribution in [0.1, 0.15) is 31.4 Å². The smallest absolute Gasteiger partial charge is 0.263 e. The molecule has 0 aliphatic carbocycles. The monoisotopic (exact) mass is 463 g/mol. The van der Waals surface area contributed by atoms with Crippen LogP contribution in [0.2, 0.25) is 0 Å². The number of fused-ring (bicyclic) bond motifs is 1. The lowest BCUT2D eigenvalue weighted by Gasteiger charge is -2.17. The average molecular weight is 464 g/mol. The minimum atomic E-state index is -3.64. The highest BCUT2D eigenvalue weighted by Gasteiger charge is 2.32. The minimum Gasteiger partial charge on any atom is -0.324 e. The number of nitrogens with zero attached hydrogens (tertiary/aromatic N) is 1. The molecule has 1 heterocycles. The number of benzene rings is 2. The maximum absolute atomic E-state index is 12.9. The number of rotatable bonds is 5. The molecule has 6 nitrogen and oxygen atoms in total. The molecule has 1 amide bonds. The third kappa shape index (κ3) is 4.44. The molecule has 28 heavy (non-hydrogen) atoms. The first-order valence-electron chi connectivity index (χ1n) is 8.94. The molecule has 3 rings (SSSR count). The molecular formula is C20H22BrN3O3S. The van der Waals surface area contributed by atoms with E-state index in [0.717, 1.165) is 10.0 Å². The number of carbonyl (C=O) groups excluding carboxylic acids is 1. The fourth-order valence-electron chi connectivity index (χ4n) is 3.03. The molecule has 2 aromatic carbocycles. The SMILES string of the molecule is Cc1cc(Br)ccc1NC(=O)C(CC(C)C)N=C1NS(=O)(=O)c2ccccc21. The number of nitrogens with one attached hydrogen (secondary N) is 2. The van der Waals surface area contributed by atoms with Gasteiger partial charge in [-0.05, 0) is 55.2 Å². The van der Waals surface area contributed by atoms with Crippen LogP contribution in [0.15, 0.2) is 56.8 Å². The van der Waals surface area contributed by atoms with Crippen LogP contribution >= 0.6 is 15.9 Å². The van der Waals surface area contributed by atoms with E-state index in [-0.39, 0.29) is 22.6 Å². The summed E-state index contributed by atoms with van der Waals surface area (Å²) in [4.78, 5) is 17.6. The van der Waals surface area contributed by atoms with Gasteiger partial charge in [-0.25, -0.2) is 8.42 Å². The predicted octanol–water partition coefficient (Wildman–Crippen LogP) is 3.85. The minimum absolute atomic E-state index is 0.182. The third-order valence-corrected chi connectivity index (χ3v) is 6.28. The zero-order valence-electron chi connectivity index (χ0n) is 15.9. The van der Waals surface area contributed by atoms with Crippen molar-refractivity contribution in [3.8, 4) is 0 Å². The second-order valence-corrected chi connectivity index (χ2v) is 9.74. The molecular weight excluding hydrogens is 442 g/mol. The lowest BCUT2D eigenvalue weighted by Crippen LogP contribution is -2.32. The quantitative estimate of drug-likeness (QED) is 0.705. The zero-order chi connectivity index (χ0) is 20.5. The van der Waals surface area contributed by atoms with E-state index in [0.29, 0.717) is 17.7 Å². The fourth-order valence-corrected chi connectivity index (χ4v) is 4.75. The summed E-state index contributed by atoms with van der Waals surface area (Å²) in [5, 5.41) is 2.92. The molecule has 0 aromatic heterocycles. The number of anilines is 1. The molecule has 2 aromatic rings. The van der Waals surface area contributed by atoms with Gasteiger partial charge < -0.3 is 5.32 Å². The highest BCUT2D eigenvalue weighted by Crippen LogP contribution is 2.24. The summed E-state index contributed by atoms with van der Waals surface area (Å²) in [7, 11) is -3.64. The second kappa shape index (κ2) is 8.05. The summed E-state index contributed by atoms with van der Waals surface area (Å²) < 4.78 is 28.0. The van der Waals surface area contributed by atoms with Crippen molar-refractivity contribution in [2.75, 3.05) is 5.32 Å². The topological polar surface area (TPSA) is 87.6 Å². The van der Waals surface area contributed by atoms with Gasteiger partial charge in [0, 0.05) is 15.7 Å². The number of aryl methyl sites for hydroxylation is 1. The lowest BCUT2D eigenvalue weighted by molar-refractivity contribution is -0.117. The van der Waals surface area contributed by atoms with Crippen LogP contribution in [-0.4, -0.2) is 26.2 Å². The number of hydrogen-bond acceptors (Lipinski definition) is 4. The molecule has 0 saturated carbocycles. The van der Waals surface area contributed by atoms with E-state index < -0.39 is 16.1 Å². The van der Waals surface area contributed by atoms with Crippen molar-refractivity contribution < 1.29 is 13.2 Å². The van der Waals surface area contributed by atoms with Crippen molar-refractivity contribution in [3.63, 3.8) is 0 Å². The van der Waals surface area contributed by atoms with Gasteiger partial charge in [0.1, 0.15) is 11.9 Å². The van der Waals surface area contributed by atoms with Crippen LogP contribution < -0.4 is 10.0 Å².